The number of anilines is 2. The monoisotopic (exact) mass is 478 g/mol. The van der Waals surface area contributed by atoms with Crippen molar-refractivity contribution in [2.45, 2.75) is 19.9 Å². The van der Waals surface area contributed by atoms with Crippen molar-refractivity contribution in [2.24, 2.45) is 4.99 Å². The lowest BCUT2D eigenvalue weighted by Gasteiger charge is -2.26. The van der Waals surface area contributed by atoms with Crippen molar-refractivity contribution in [1.82, 2.24) is 15.3 Å². The van der Waals surface area contributed by atoms with E-state index in [0.717, 1.165) is 11.2 Å². The average Bonchev–Trinajstić information content (AvgIpc) is 3.38. The second kappa shape index (κ2) is 8.68. The van der Waals surface area contributed by atoms with Crippen LogP contribution in [0.1, 0.15) is 24.2 Å². The number of aryl methyl sites for hydroxylation is 1. The highest BCUT2D eigenvalue weighted by atomic mass is 35.5. The third-order valence-corrected chi connectivity index (χ3v) is 6.26. The first-order valence-corrected chi connectivity index (χ1v) is 11.4. The molecule has 8 nitrogen and oxygen atoms in total. The van der Waals surface area contributed by atoms with E-state index in [-0.39, 0.29) is 5.91 Å². The molecule has 1 aliphatic rings. The molecule has 4 aromatic rings. The summed E-state index contributed by atoms with van der Waals surface area (Å²) < 4.78 is 5.75. The molecule has 0 bridgehead atoms. The minimum Gasteiger partial charge on any atom is -0.423 e. The smallest absolute Gasteiger partial charge is 0.302 e. The van der Waals surface area contributed by atoms with Gasteiger partial charge in [-0.2, -0.15) is 4.98 Å². The van der Waals surface area contributed by atoms with Crippen LogP contribution >= 0.6 is 22.9 Å². The number of rotatable bonds is 4. The molecule has 3 heterocycles. The molecule has 2 aromatic heterocycles. The van der Waals surface area contributed by atoms with Crippen LogP contribution in [0.5, 0.6) is 0 Å². The fraction of sp³-hybridized carbons (Fsp3) is 0.130. The molecular weight excluding hydrogens is 460 g/mol. The molecule has 33 heavy (non-hydrogen) atoms. The van der Waals surface area contributed by atoms with E-state index in [1.807, 2.05) is 61.7 Å². The lowest BCUT2D eigenvalue weighted by Crippen LogP contribution is -2.37. The second-order valence-corrected chi connectivity index (χ2v) is 8.69. The summed E-state index contributed by atoms with van der Waals surface area (Å²) >= 11 is 7.86. The van der Waals surface area contributed by atoms with Crippen LogP contribution in [-0.4, -0.2) is 21.8 Å². The van der Waals surface area contributed by atoms with E-state index in [9.17, 15) is 4.79 Å². The number of guanidine groups is 1. The first kappa shape index (κ1) is 21.2. The number of hydrogen-bond acceptors (Lipinski definition) is 8. The highest BCUT2D eigenvalue weighted by Crippen LogP contribution is 2.35. The van der Waals surface area contributed by atoms with Crippen molar-refractivity contribution in [2.75, 3.05) is 10.6 Å². The Kier molecular flexibility index (Phi) is 5.57. The van der Waals surface area contributed by atoms with Gasteiger partial charge in [0.05, 0.1) is 11.3 Å². The summed E-state index contributed by atoms with van der Waals surface area (Å²) in [5.41, 5.74) is 4.00. The quantitative estimate of drug-likeness (QED) is 0.369. The van der Waals surface area contributed by atoms with Gasteiger partial charge in [0.2, 0.25) is 5.96 Å². The Bertz CT molecular complexity index is 1390. The van der Waals surface area contributed by atoms with Gasteiger partial charge in [-0.15, -0.1) is 11.3 Å². The Hall–Kier alpha value is -3.69. The minimum absolute atomic E-state index is 0.291. The van der Waals surface area contributed by atoms with Crippen LogP contribution in [0, 0.1) is 6.92 Å². The van der Waals surface area contributed by atoms with Gasteiger partial charge in [-0.3, -0.25) is 15.4 Å². The SMILES string of the molecule is CC1=C(C(=O)Nc2nc(C)cs2)C(c2ccccc2Cl)N=C(Nc2nc3ccccc3o2)N1. The van der Waals surface area contributed by atoms with Gasteiger partial charge in [-0.1, -0.05) is 41.9 Å². The number of benzene rings is 2. The Morgan fingerprint density at radius 3 is 2.67 bits per heavy atom. The van der Waals surface area contributed by atoms with Crippen LogP contribution in [0.4, 0.5) is 11.1 Å². The van der Waals surface area contributed by atoms with Gasteiger partial charge in [0.1, 0.15) is 11.6 Å². The van der Waals surface area contributed by atoms with E-state index in [2.05, 4.69) is 25.9 Å². The van der Waals surface area contributed by atoms with Crippen LogP contribution in [0.25, 0.3) is 11.1 Å². The van der Waals surface area contributed by atoms with Crippen LogP contribution in [0.2, 0.25) is 5.02 Å². The molecule has 3 N–H and O–H groups in total. The van der Waals surface area contributed by atoms with Gasteiger partial charge in [0.15, 0.2) is 10.7 Å². The molecule has 1 atom stereocenters. The van der Waals surface area contributed by atoms with Crippen molar-refractivity contribution >= 4 is 57.1 Å². The maximum Gasteiger partial charge on any atom is 0.302 e. The number of aromatic nitrogens is 2. The second-order valence-electron chi connectivity index (χ2n) is 7.43. The van der Waals surface area contributed by atoms with E-state index >= 15 is 0 Å². The molecule has 0 saturated carbocycles. The van der Waals surface area contributed by atoms with E-state index in [0.29, 0.717) is 44.5 Å². The molecule has 1 unspecified atom stereocenters. The van der Waals surface area contributed by atoms with Crippen LogP contribution in [0.15, 0.2) is 74.6 Å². The largest absolute Gasteiger partial charge is 0.423 e. The topological polar surface area (TPSA) is 104 Å². The molecule has 5 rings (SSSR count). The molecule has 0 aliphatic carbocycles. The van der Waals surface area contributed by atoms with Crippen LogP contribution in [0.3, 0.4) is 0 Å². The number of hydrogen-bond donors (Lipinski definition) is 3. The Morgan fingerprint density at radius 2 is 1.91 bits per heavy atom. The van der Waals surface area contributed by atoms with E-state index in [1.165, 1.54) is 11.3 Å². The number of amides is 1. The summed E-state index contributed by atoms with van der Waals surface area (Å²) in [5, 5.41) is 12.0. The van der Waals surface area contributed by atoms with Gasteiger partial charge < -0.3 is 9.73 Å². The summed E-state index contributed by atoms with van der Waals surface area (Å²) in [5.74, 6) is 0.0922. The van der Waals surface area contributed by atoms with Gasteiger partial charge in [-0.05, 0) is 32.0 Å². The average molecular weight is 479 g/mol. The molecule has 0 radical (unpaired) electrons. The number of halogens is 1. The highest BCUT2D eigenvalue weighted by Gasteiger charge is 2.31. The fourth-order valence-corrected chi connectivity index (χ4v) is 4.48. The highest BCUT2D eigenvalue weighted by molar-refractivity contribution is 7.13. The van der Waals surface area contributed by atoms with Crippen LogP contribution in [-0.2, 0) is 4.79 Å². The molecule has 1 aliphatic heterocycles. The van der Waals surface area contributed by atoms with Gasteiger partial charge in [-0.25, -0.2) is 9.98 Å². The van der Waals surface area contributed by atoms with Crippen molar-refractivity contribution in [1.29, 1.82) is 0 Å². The summed E-state index contributed by atoms with van der Waals surface area (Å²) in [6, 6.07) is 14.4. The minimum atomic E-state index is -0.645. The van der Waals surface area contributed by atoms with E-state index in [4.69, 9.17) is 21.0 Å². The lowest BCUT2D eigenvalue weighted by atomic mass is 9.95. The first-order valence-electron chi connectivity index (χ1n) is 10.1. The molecule has 2 aromatic carbocycles. The number of carbonyl (C=O) groups excluding carboxylic acids is 1. The maximum atomic E-state index is 13.3. The zero-order chi connectivity index (χ0) is 22.9. The molecule has 0 fully saturated rings. The Balaban J connectivity index is 1.49. The number of nitrogens with one attached hydrogen (secondary N) is 3. The Labute approximate surface area is 198 Å². The van der Waals surface area contributed by atoms with Crippen molar-refractivity contribution in [3.8, 4) is 0 Å². The molecule has 1 amide bonds. The van der Waals surface area contributed by atoms with Gasteiger partial charge in [0, 0.05) is 21.7 Å². The summed E-state index contributed by atoms with van der Waals surface area (Å²) in [6.07, 6.45) is 0. The van der Waals surface area contributed by atoms with Crippen molar-refractivity contribution in [3.63, 3.8) is 0 Å². The van der Waals surface area contributed by atoms with Gasteiger partial charge in [0.25, 0.3) is 5.91 Å². The fourth-order valence-electron chi connectivity index (χ4n) is 3.56. The van der Waals surface area contributed by atoms with E-state index in [1.54, 1.807) is 6.07 Å². The summed E-state index contributed by atoms with van der Waals surface area (Å²) in [4.78, 5) is 26.8. The predicted octanol–water partition coefficient (Wildman–Crippen LogP) is 5.27. The third-order valence-electron chi connectivity index (χ3n) is 5.04. The first-order chi connectivity index (χ1) is 16.0. The summed E-state index contributed by atoms with van der Waals surface area (Å²) in [6.45, 7) is 3.69. The number of para-hydroxylation sites is 2. The number of fused-ring (bicyclic) bond motifs is 1. The summed E-state index contributed by atoms with van der Waals surface area (Å²) in [7, 11) is 0. The standard InChI is InChI=1S/C23H19ClN6O2S/c1-12-11-33-23(25-12)29-20(31)18-13(2)26-21(28-19(18)14-7-3-4-8-15(14)24)30-22-27-16-9-5-6-10-17(16)32-22/h3-11,19H,1-2H3,(H,25,29,31)(H2,26,27,28,30). The molecule has 10 heteroatoms. The number of thiazole rings is 1. The number of oxazole rings is 1. The Morgan fingerprint density at radius 1 is 1.12 bits per heavy atom. The van der Waals surface area contributed by atoms with Gasteiger partial charge >= 0.3 is 6.01 Å². The normalized spacial score (nSPS) is 15.8. The van der Waals surface area contributed by atoms with E-state index < -0.39 is 6.04 Å². The third kappa shape index (κ3) is 4.33. The molecule has 0 saturated heterocycles. The van der Waals surface area contributed by atoms with Crippen molar-refractivity contribution in [3.05, 3.63) is 81.5 Å². The molecule has 0 spiro atoms. The zero-order valence-electron chi connectivity index (χ0n) is 17.7. The number of allylic oxidation sites excluding steroid dienone is 1. The maximum absolute atomic E-state index is 13.3. The predicted molar refractivity (Wildman–Crippen MR) is 131 cm³/mol. The van der Waals surface area contributed by atoms with Crippen molar-refractivity contribution < 1.29 is 9.21 Å². The zero-order valence-corrected chi connectivity index (χ0v) is 19.3. The number of carbonyl (C=O) groups is 1. The van der Waals surface area contributed by atoms with Crippen LogP contribution < -0.4 is 16.0 Å². The number of aliphatic imine (C=N–C) groups is 1. The molecular formula is C23H19ClN6O2S. The lowest BCUT2D eigenvalue weighted by molar-refractivity contribution is -0.113. The number of nitrogens with zero attached hydrogens (tertiary/aromatic N) is 3. The molecule has 166 valence electrons.